The smallest absolute Gasteiger partial charge is 0.320 e. The summed E-state index contributed by atoms with van der Waals surface area (Å²) in [5, 5.41) is 14.0. The molecule has 0 radical (unpaired) electrons. The molecule has 0 saturated carbocycles. The van der Waals surface area contributed by atoms with E-state index in [-0.39, 0.29) is 17.9 Å². The quantitative estimate of drug-likeness (QED) is 0.429. The van der Waals surface area contributed by atoms with Crippen LogP contribution in [-0.2, 0) is 0 Å². The largest absolute Gasteiger partial charge is 0.475 e. The molecule has 2 amide bonds. The predicted molar refractivity (Wildman–Crippen MR) is 122 cm³/mol. The number of rotatable bonds is 7. The molecule has 31 heavy (non-hydrogen) atoms. The highest BCUT2D eigenvalue weighted by atomic mass is 16.5. The van der Waals surface area contributed by atoms with Gasteiger partial charge in [-0.05, 0) is 32.4 Å². The third-order valence-electron chi connectivity index (χ3n) is 4.48. The Bertz CT molecular complexity index is 1050. The van der Waals surface area contributed by atoms with E-state index in [0.29, 0.717) is 28.5 Å². The highest BCUT2D eigenvalue weighted by Crippen LogP contribution is 2.20. The van der Waals surface area contributed by atoms with Crippen LogP contribution < -0.4 is 21.1 Å². The molecule has 0 aliphatic rings. The van der Waals surface area contributed by atoms with Gasteiger partial charge in [0, 0.05) is 41.3 Å². The molecule has 0 fully saturated rings. The van der Waals surface area contributed by atoms with Crippen molar-refractivity contribution in [3.8, 4) is 5.88 Å². The van der Waals surface area contributed by atoms with Crippen molar-refractivity contribution in [1.82, 2.24) is 15.3 Å². The number of benzene rings is 1. The molecule has 8 nitrogen and oxygen atoms in total. The van der Waals surface area contributed by atoms with Crippen molar-refractivity contribution in [2.24, 2.45) is 0 Å². The Balaban J connectivity index is 1.65. The van der Waals surface area contributed by atoms with Gasteiger partial charge in [0.1, 0.15) is 5.82 Å². The Morgan fingerprint density at radius 1 is 1.06 bits per heavy atom. The molecular weight excluding hydrogens is 392 g/mol. The first kappa shape index (κ1) is 21.8. The standard InChI is InChI=1S/C23H26N6O2/c1-14(2)31-21-10-9-17(12-27-21)22(25)18-13-26-20(11-19(18)24)29-23(30)28-15(3)16-7-5-4-6-8-16/h4-15,25H,1-3H3,(H4,24,26,28,29,30). The van der Waals surface area contributed by atoms with Crippen molar-refractivity contribution in [3.63, 3.8) is 0 Å². The molecular formula is C23H26N6O2. The minimum atomic E-state index is -0.393. The molecule has 160 valence electrons. The van der Waals surface area contributed by atoms with Crippen molar-refractivity contribution < 1.29 is 9.53 Å². The first-order valence-corrected chi connectivity index (χ1v) is 9.93. The first-order valence-electron chi connectivity index (χ1n) is 9.93. The zero-order valence-electron chi connectivity index (χ0n) is 17.7. The Kier molecular flexibility index (Phi) is 6.81. The van der Waals surface area contributed by atoms with Crippen molar-refractivity contribution in [3.05, 3.63) is 77.6 Å². The van der Waals surface area contributed by atoms with E-state index >= 15 is 0 Å². The Labute approximate surface area is 181 Å². The third kappa shape index (κ3) is 5.79. The number of carbonyl (C=O) groups is 1. The van der Waals surface area contributed by atoms with Crippen molar-refractivity contribution >= 4 is 23.2 Å². The lowest BCUT2D eigenvalue weighted by atomic mass is 10.0. The molecule has 3 aromatic rings. The van der Waals surface area contributed by atoms with Gasteiger partial charge < -0.3 is 15.8 Å². The molecule has 2 heterocycles. The lowest BCUT2D eigenvalue weighted by Gasteiger charge is -2.15. The van der Waals surface area contributed by atoms with Crippen LogP contribution in [0.5, 0.6) is 5.88 Å². The number of hydrogen-bond acceptors (Lipinski definition) is 6. The second-order valence-corrected chi connectivity index (χ2v) is 7.31. The molecule has 1 aromatic carbocycles. The van der Waals surface area contributed by atoms with Gasteiger partial charge in [0.15, 0.2) is 0 Å². The summed E-state index contributed by atoms with van der Waals surface area (Å²) in [4.78, 5) is 20.7. The average Bonchev–Trinajstić information content (AvgIpc) is 2.74. The second kappa shape index (κ2) is 9.71. The van der Waals surface area contributed by atoms with Crippen LogP contribution in [0.25, 0.3) is 0 Å². The number of nitrogens with one attached hydrogen (secondary N) is 3. The zero-order chi connectivity index (χ0) is 22.4. The van der Waals surface area contributed by atoms with E-state index < -0.39 is 6.03 Å². The maximum atomic E-state index is 12.3. The van der Waals surface area contributed by atoms with Gasteiger partial charge in [-0.25, -0.2) is 14.8 Å². The Morgan fingerprint density at radius 3 is 2.42 bits per heavy atom. The molecule has 0 spiro atoms. The number of pyridine rings is 2. The maximum absolute atomic E-state index is 12.3. The Hall–Kier alpha value is -3.94. The number of nitrogens with zero attached hydrogens (tertiary/aromatic N) is 2. The summed E-state index contributed by atoms with van der Waals surface area (Å²) in [5.74, 6) is 0.790. The Morgan fingerprint density at radius 2 is 1.81 bits per heavy atom. The van der Waals surface area contributed by atoms with Crippen LogP contribution in [0.15, 0.2) is 60.9 Å². The van der Waals surface area contributed by atoms with E-state index in [4.69, 9.17) is 15.9 Å². The van der Waals surface area contributed by atoms with Gasteiger partial charge in [0.2, 0.25) is 5.88 Å². The highest BCUT2D eigenvalue weighted by Gasteiger charge is 2.14. The minimum absolute atomic E-state index is 0.0190. The molecule has 1 atom stereocenters. The van der Waals surface area contributed by atoms with Gasteiger partial charge in [-0.3, -0.25) is 10.7 Å². The molecule has 0 aliphatic heterocycles. The predicted octanol–water partition coefficient (Wildman–Crippen LogP) is 4.14. The monoisotopic (exact) mass is 418 g/mol. The molecule has 0 aliphatic carbocycles. The van der Waals surface area contributed by atoms with E-state index in [1.165, 1.54) is 12.3 Å². The van der Waals surface area contributed by atoms with Crippen LogP contribution in [0.1, 0.15) is 43.5 Å². The number of nitrogens with two attached hydrogens (primary N) is 1. The number of aromatic nitrogens is 2. The minimum Gasteiger partial charge on any atom is -0.475 e. The molecule has 1 unspecified atom stereocenters. The number of amides is 2. The summed E-state index contributed by atoms with van der Waals surface area (Å²) in [5.41, 5.74) is 8.66. The SMILES string of the molecule is CC(C)Oc1ccc(C(=N)c2cnc(NC(=O)NC(C)c3ccccc3)cc2N)cn1. The zero-order valence-corrected chi connectivity index (χ0v) is 17.7. The van der Waals surface area contributed by atoms with Crippen LogP contribution in [0.2, 0.25) is 0 Å². The number of anilines is 2. The van der Waals surface area contributed by atoms with E-state index in [0.717, 1.165) is 5.56 Å². The van der Waals surface area contributed by atoms with Crippen LogP contribution in [0.3, 0.4) is 0 Å². The molecule has 8 heteroatoms. The fourth-order valence-electron chi connectivity index (χ4n) is 2.92. The number of nitrogen functional groups attached to an aromatic ring is 1. The third-order valence-corrected chi connectivity index (χ3v) is 4.48. The lowest BCUT2D eigenvalue weighted by Crippen LogP contribution is -2.31. The van der Waals surface area contributed by atoms with Crippen molar-refractivity contribution in [2.75, 3.05) is 11.1 Å². The molecule has 5 N–H and O–H groups in total. The van der Waals surface area contributed by atoms with Gasteiger partial charge in [-0.1, -0.05) is 30.3 Å². The summed E-state index contributed by atoms with van der Waals surface area (Å²) >= 11 is 0. The number of carbonyl (C=O) groups excluding carboxylic acids is 1. The van der Waals surface area contributed by atoms with Crippen LogP contribution in [0.4, 0.5) is 16.3 Å². The van der Waals surface area contributed by atoms with E-state index in [1.54, 1.807) is 18.3 Å². The van der Waals surface area contributed by atoms with Gasteiger partial charge in [-0.15, -0.1) is 0 Å². The average molecular weight is 419 g/mol. The fraction of sp³-hybridized carbons (Fsp3) is 0.217. The highest BCUT2D eigenvalue weighted by molar-refractivity contribution is 6.13. The van der Waals surface area contributed by atoms with Crippen molar-refractivity contribution in [2.45, 2.75) is 32.9 Å². The van der Waals surface area contributed by atoms with Crippen LogP contribution in [0, 0.1) is 5.41 Å². The molecule has 0 bridgehead atoms. The molecule has 0 saturated heterocycles. The summed E-state index contributed by atoms with van der Waals surface area (Å²) in [6.07, 6.45) is 3.04. The normalized spacial score (nSPS) is 11.6. The topological polar surface area (TPSA) is 126 Å². The molecule has 2 aromatic heterocycles. The number of urea groups is 1. The first-order chi connectivity index (χ1) is 14.8. The number of ether oxygens (including phenoxy) is 1. The van der Waals surface area contributed by atoms with Gasteiger partial charge in [0.05, 0.1) is 17.9 Å². The fourth-order valence-corrected chi connectivity index (χ4v) is 2.92. The molecule has 3 rings (SSSR count). The van der Waals surface area contributed by atoms with Gasteiger partial charge >= 0.3 is 6.03 Å². The van der Waals surface area contributed by atoms with Gasteiger partial charge in [0.25, 0.3) is 0 Å². The van der Waals surface area contributed by atoms with Crippen LogP contribution in [-0.4, -0.2) is 27.8 Å². The summed E-state index contributed by atoms with van der Waals surface area (Å²) < 4.78 is 5.52. The summed E-state index contributed by atoms with van der Waals surface area (Å²) in [6.45, 7) is 5.73. The van der Waals surface area contributed by atoms with Crippen LogP contribution >= 0.6 is 0 Å². The van der Waals surface area contributed by atoms with Crippen molar-refractivity contribution in [1.29, 1.82) is 5.41 Å². The number of hydrogen-bond donors (Lipinski definition) is 4. The van der Waals surface area contributed by atoms with Gasteiger partial charge in [-0.2, -0.15) is 0 Å². The summed E-state index contributed by atoms with van der Waals surface area (Å²) in [7, 11) is 0. The lowest BCUT2D eigenvalue weighted by molar-refractivity contribution is 0.232. The van der Waals surface area contributed by atoms with E-state index in [2.05, 4.69) is 20.6 Å². The second-order valence-electron chi connectivity index (χ2n) is 7.31. The van der Waals surface area contributed by atoms with E-state index in [1.807, 2.05) is 51.1 Å². The summed E-state index contributed by atoms with van der Waals surface area (Å²) in [6, 6.07) is 14.1. The maximum Gasteiger partial charge on any atom is 0.320 e. The van der Waals surface area contributed by atoms with E-state index in [9.17, 15) is 4.79 Å².